The van der Waals surface area contributed by atoms with Crippen LogP contribution >= 0.6 is 0 Å². The quantitative estimate of drug-likeness (QED) is 0.690. The van der Waals surface area contributed by atoms with E-state index in [0.29, 0.717) is 26.3 Å². The van der Waals surface area contributed by atoms with Gasteiger partial charge >= 0.3 is 0 Å². The highest BCUT2D eigenvalue weighted by molar-refractivity contribution is 5.38. The molecule has 0 aliphatic rings. The lowest BCUT2D eigenvalue weighted by atomic mass is 10.1. The van der Waals surface area contributed by atoms with Crippen LogP contribution in [0.1, 0.15) is 11.6 Å². The van der Waals surface area contributed by atoms with E-state index in [0.717, 1.165) is 11.3 Å². The summed E-state index contributed by atoms with van der Waals surface area (Å²) in [5.74, 6) is 0.721. The van der Waals surface area contributed by atoms with Crippen LogP contribution in [0.3, 0.4) is 0 Å². The van der Waals surface area contributed by atoms with Crippen molar-refractivity contribution in [2.75, 3.05) is 47.6 Å². The molecule has 0 amide bonds. The third-order valence-electron chi connectivity index (χ3n) is 3.09. The Morgan fingerprint density at radius 1 is 1.10 bits per heavy atom. The van der Waals surface area contributed by atoms with Crippen LogP contribution in [-0.2, 0) is 9.47 Å². The summed E-state index contributed by atoms with van der Waals surface area (Å²) in [4.78, 5) is 2.03. The van der Waals surface area contributed by atoms with Crippen LogP contribution < -0.4 is 4.74 Å². The molecule has 1 rings (SSSR count). The van der Waals surface area contributed by atoms with Crippen molar-refractivity contribution in [1.82, 2.24) is 4.90 Å². The van der Waals surface area contributed by atoms with E-state index in [1.54, 1.807) is 21.3 Å². The van der Waals surface area contributed by atoms with Crippen molar-refractivity contribution in [1.29, 1.82) is 5.26 Å². The Labute approximate surface area is 120 Å². The minimum atomic E-state index is -0.378. The van der Waals surface area contributed by atoms with Crippen LogP contribution in [-0.4, -0.2) is 52.5 Å². The summed E-state index contributed by atoms with van der Waals surface area (Å²) in [6.45, 7) is 2.46. The van der Waals surface area contributed by atoms with E-state index in [1.165, 1.54) is 0 Å². The van der Waals surface area contributed by atoms with E-state index < -0.39 is 0 Å². The lowest BCUT2D eigenvalue weighted by Crippen LogP contribution is -2.34. The lowest BCUT2D eigenvalue weighted by molar-refractivity contribution is 0.100. The molecule has 5 heteroatoms. The minimum absolute atomic E-state index is 0.378. The van der Waals surface area contributed by atoms with Crippen molar-refractivity contribution < 1.29 is 14.2 Å². The number of rotatable bonds is 9. The number of nitrogens with zero attached hydrogens (tertiary/aromatic N) is 2. The fraction of sp³-hybridized carbons (Fsp3) is 0.533. The van der Waals surface area contributed by atoms with Crippen LogP contribution in [0.2, 0.25) is 0 Å². The van der Waals surface area contributed by atoms with Crippen molar-refractivity contribution in [2.24, 2.45) is 0 Å². The van der Waals surface area contributed by atoms with Gasteiger partial charge in [0.15, 0.2) is 0 Å². The Morgan fingerprint density at radius 2 is 1.70 bits per heavy atom. The van der Waals surface area contributed by atoms with Crippen LogP contribution in [0, 0.1) is 11.3 Å². The van der Waals surface area contributed by atoms with Crippen LogP contribution in [0.25, 0.3) is 0 Å². The zero-order valence-corrected chi connectivity index (χ0v) is 12.3. The van der Waals surface area contributed by atoms with Gasteiger partial charge in [-0.05, 0) is 6.07 Å². The average molecular weight is 278 g/mol. The van der Waals surface area contributed by atoms with Crippen LogP contribution in [0.5, 0.6) is 5.75 Å². The summed E-state index contributed by atoms with van der Waals surface area (Å²) in [6, 6.07) is 9.55. The third-order valence-corrected chi connectivity index (χ3v) is 3.09. The highest BCUT2D eigenvalue weighted by atomic mass is 16.5. The Hall–Kier alpha value is -1.61. The molecule has 1 aromatic carbocycles. The van der Waals surface area contributed by atoms with Crippen molar-refractivity contribution in [3.63, 3.8) is 0 Å². The van der Waals surface area contributed by atoms with E-state index in [2.05, 4.69) is 6.07 Å². The molecule has 110 valence electrons. The zero-order valence-electron chi connectivity index (χ0n) is 12.3. The van der Waals surface area contributed by atoms with Gasteiger partial charge in [0.05, 0.1) is 26.4 Å². The van der Waals surface area contributed by atoms with Crippen molar-refractivity contribution in [2.45, 2.75) is 6.04 Å². The van der Waals surface area contributed by atoms with E-state index in [9.17, 15) is 5.26 Å². The van der Waals surface area contributed by atoms with Crippen LogP contribution in [0.4, 0.5) is 0 Å². The largest absolute Gasteiger partial charge is 0.496 e. The van der Waals surface area contributed by atoms with E-state index in [4.69, 9.17) is 14.2 Å². The lowest BCUT2D eigenvalue weighted by Gasteiger charge is -2.27. The SMILES string of the molecule is COCCN(CCOC)C(C#N)c1ccccc1OC. The zero-order chi connectivity index (χ0) is 14.8. The third kappa shape index (κ3) is 4.49. The second-order valence-electron chi connectivity index (χ2n) is 4.30. The smallest absolute Gasteiger partial charge is 0.127 e. The maximum Gasteiger partial charge on any atom is 0.127 e. The first-order chi connectivity index (χ1) is 9.78. The van der Waals surface area contributed by atoms with Gasteiger partial charge in [-0.3, -0.25) is 4.90 Å². The first-order valence-electron chi connectivity index (χ1n) is 6.53. The molecule has 0 fully saturated rings. The molecule has 20 heavy (non-hydrogen) atoms. The van der Waals surface area contributed by atoms with E-state index in [-0.39, 0.29) is 6.04 Å². The molecule has 1 aromatic rings. The highest BCUT2D eigenvalue weighted by Gasteiger charge is 2.22. The molecular formula is C15H22N2O3. The fourth-order valence-electron chi connectivity index (χ4n) is 2.03. The van der Waals surface area contributed by atoms with E-state index in [1.807, 2.05) is 29.2 Å². The van der Waals surface area contributed by atoms with Gasteiger partial charge in [-0.1, -0.05) is 18.2 Å². The topological polar surface area (TPSA) is 54.7 Å². The van der Waals surface area contributed by atoms with Crippen LogP contribution in [0.15, 0.2) is 24.3 Å². The van der Waals surface area contributed by atoms with Gasteiger partial charge in [0.2, 0.25) is 0 Å². The molecule has 0 saturated heterocycles. The summed E-state index contributed by atoms with van der Waals surface area (Å²) >= 11 is 0. The van der Waals surface area contributed by atoms with Gasteiger partial charge in [-0.25, -0.2) is 0 Å². The molecule has 0 radical (unpaired) electrons. The first-order valence-corrected chi connectivity index (χ1v) is 6.53. The monoisotopic (exact) mass is 278 g/mol. The fourth-order valence-corrected chi connectivity index (χ4v) is 2.03. The van der Waals surface area contributed by atoms with E-state index >= 15 is 0 Å². The number of nitriles is 1. The molecule has 1 unspecified atom stereocenters. The Kier molecular flexibility index (Phi) is 7.66. The maximum absolute atomic E-state index is 9.54. The molecular weight excluding hydrogens is 256 g/mol. The Bertz CT molecular complexity index is 423. The van der Waals surface area contributed by atoms with Crippen molar-refractivity contribution in [3.8, 4) is 11.8 Å². The second-order valence-corrected chi connectivity index (χ2v) is 4.30. The van der Waals surface area contributed by atoms with Gasteiger partial charge in [0, 0.05) is 32.9 Å². The Balaban J connectivity index is 2.96. The first kappa shape index (κ1) is 16.4. The summed E-state index contributed by atoms with van der Waals surface area (Å²) in [6.07, 6.45) is 0. The molecule has 0 heterocycles. The minimum Gasteiger partial charge on any atom is -0.496 e. The molecule has 0 aliphatic carbocycles. The standard InChI is InChI=1S/C15H22N2O3/c1-18-10-8-17(9-11-19-2)14(12-16)13-6-4-5-7-15(13)20-3/h4-7,14H,8-11H2,1-3H3. The number of hydrogen-bond donors (Lipinski definition) is 0. The molecule has 5 nitrogen and oxygen atoms in total. The maximum atomic E-state index is 9.54. The predicted molar refractivity (Wildman–Crippen MR) is 76.7 cm³/mol. The van der Waals surface area contributed by atoms with Gasteiger partial charge in [-0.15, -0.1) is 0 Å². The molecule has 0 spiro atoms. The number of para-hydroxylation sites is 1. The second kappa shape index (κ2) is 9.32. The van der Waals surface area contributed by atoms with Gasteiger partial charge < -0.3 is 14.2 Å². The molecule has 0 bridgehead atoms. The normalized spacial score (nSPS) is 12.2. The van der Waals surface area contributed by atoms with Gasteiger partial charge in [0.25, 0.3) is 0 Å². The number of benzene rings is 1. The average Bonchev–Trinajstić information content (AvgIpc) is 2.50. The van der Waals surface area contributed by atoms with Crippen molar-refractivity contribution in [3.05, 3.63) is 29.8 Å². The molecule has 0 aromatic heterocycles. The molecule has 0 saturated carbocycles. The summed E-state index contributed by atoms with van der Waals surface area (Å²) < 4.78 is 15.6. The molecule has 1 atom stereocenters. The summed E-state index contributed by atoms with van der Waals surface area (Å²) in [5.41, 5.74) is 0.865. The Morgan fingerprint density at radius 3 is 2.20 bits per heavy atom. The molecule has 0 N–H and O–H groups in total. The van der Waals surface area contributed by atoms with Gasteiger partial charge in [-0.2, -0.15) is 5.26 Å². The number of ether oxygens (including phenoxy) is 3. The molecule has 0 aliphatic heterocycles. The van der Waals surface area contributed by atoms with Gasteiger partial charge in [0.1, 0.15) is 11.8 Å². The van der Waals surface area contributed by atoms with Crippen molar-refractivity contribution >= 4 is 0 Å². The summed E-state index contributed by atoms with van der Waals surface area (Å²) in [5, 5.41) is 9.54. The number of hydrogen-bond acceptors (Lipinski definition) is 5. The highest BCUT2D eigenvalue weighted by Crippen LogP contribution is 2.28. The number of methoxy groups -OCH3 is 3. The summed E-state index contributed by atoms with van der Waals surface area (Å²) in [7, 11) is 4.92. The predicted octanol–water partition coefficient (Wildman–Crippen LogP) is 1.85.